The largest absolute Gasteiger partial charge is 0.375 e. The van der Waals surface area contributed by atoms with Gasteiger partial charge < -0.3 is 5.73 Å². The Kier molecular flexibility index (Phi) is 2.58. The Bertz CT molecular complexity index is 767. The fourth-order valence-corrected chi connectivity index (χ4v) is 4.02. The van der Waals surface area contributed by atoms with E-state index in [0.717, 1.165) is 4.31 Å². The molecule has 0 saturated heterocycles. The van der Waals surface area contributed by atoms with Gasteiger partial charge in [0.2, 0.25) is 0 Å². The van der Waals surface area contributed by atoms with E-state index in [1.165, 1.54) is 23.5 Å². The second kappa shape index (κ2) is 4.04. The maximum Gasteiger partial charge on any atom is 0.269 e. The maximum absolute atomic E-state index is 12.3. The summed E-state index contributed by atoms with van der Waals surface area (Å²) in [6, 6.07) is 6.16. The van der Waals surface area contributed by atoms with Crippen molar-refractivity contribution >= 4 is 32.4 Å². The van der Waals surface area contributed by atoms with Crippen LogP contribution in [0.15, 0.2) is 34.5 Å². The lowest BCUT2D eigenvalue weighted by Gasteiger charge is -2.13. The molecule has 1 aliphatic heterocycles. The van der Waals surface area contributed by atoms with Crippen LogP contribution in [0.4, 0.5) is 5.13 Å². The van der Waals surface area contributed by atoms with Crippen molar-refractivity contribution in [2.45, 2.75) is 11.4 Å². The van der Waals surface area contributed by atoms with E-state index in [9.17, 15) is 13.2 Å². The molecule has 0 unspecified atom stereocenters. The van der Waals surface area contributed by atoms with E-state index in [1.54, 1.807) is 17.5 Å². The van der Waals surface area contributed by atoms with Crippen LogP contribution in [-0.4, -0.2) is 23.6 Å². The van der Waals surface area contributed by atoms with Gasteiger partial charge >= 0.3 is 0 Å². The molecular weight excluding hydrogens is 286 g/mol. The summed E-state index contributed by atoms with van der Waals surface area (Å²) in [4.78, 5) is 16.1. The zero-order chi connectivity index (χ0) is 13.6. The Morgan fingerprint density at radius 3 is 2.68 bits per heavy atom. The minimum Gasteiger partial charge on any atom is -0.375 e. The smallest absolute Gasteiger partial charge is 0.269 e. The van der Waals surface area contributed by atoms with Crippen LogP contribution in [0.5, 0.6) is 0 Å². The molecule has 3 rings (SSSR count). The second-order valence-corrected chi connectivity index (χ2v) is 6.71. The minimum absolute atomic E-state index is 0.0446. The predicted octanol–water partition coefficient (Wildman–Crippen LogP) is 1.07. The number of aromatic nitrogens is 1. The third kappa shape index (κ3) is 1.80. The van der Waals surface area contributed by atoms with E-state index in [4.69, 9.17) is 5.73 Å². The molecule has 8 heteroatoms. The molecule has 0 spiro atoms. The number of anilines is 1. The van der Waals surface area contributed by atoms with Gasteiger partial charge in [0, 0.05) is 5.38 Å². The van der Waals surface area contributed by atoms with Crippen molar-refractivity contribution in [2.24, 2.45) is 0 Å². The molecule has 0 aliphatic carbocycles. The first-order valence-electron chi connectivity index (χ1n) is 5.36. The van der Waals surface area contributed by atoms with Crippen LogP contribution in [0.2, 0.25) is 0 Å². The highest BCUT2D eigenvalue weighted by Crippen LogP contribution is 2.31. The predicted molar refractivity (Wildman–Crippen MR) is 70.0 cm³/mol. The Labute approximate surface area is 113 Å². The number of thiazole rings is 1. The highest BCUT2D eigenvalue weighted by Gasteiger charge is 2.40. The summed E-state index contributed by atoms with van der Waals surface area (Å²) in [5.74, 6) is -0.526. The monoisotopic (exact) mass is 295 g/mol. The molecule has 0 fully saturated rings. The number of hydrogen-bond acceptors (Lipinski definition) is 6. The number of sulfonamides is 1. The fraction of sp³-hybridized carbons (Fsp3) is 0.0909. The number of amides is 1. The number of carbonyl (C=O) groups excluding carboxylic acids is 1. The number of nitrogen functional groups attached to an aromatic ring is 1. The molecule has 98 valence electrons. The second-order valence-electron chi connectivity index (χ2n) is 3.99. The average molecular weight is 295 g/mol. The van der Waals surface area contributed by atoms with Crippen LogP contribution in [0.3, 0.4) is 0 Å². The van der Waals surface area contributed by atoms with Crippen molar-refractivity contribution in [3.05, 3.63) is 40.9 Å². The molecule has 19 heavy (non-hydrogen) atoms. The SMILES string of the molecule is Nc1nc(CN2C(=O)c3ccccc3S2(=O)=O)cs1. The van der Waals surface area contributed by atoms with E-state index in [1.807, 2.05) is 0 Å². The molecule has 0 saturated carbocycles. The van der Waals surface area contributed by atoms with Gasteiger partial charge in [-0.05, 0) is 12.1 Å². The molecule has 6 nitrogen and oxygen atoms in total. The zero-order valence-corrected chi connectivity index (χ0v) is 11.2. The van der Waals surface area contributed by atoms with E-state index in [0.29, 0.717) is 10.8 Å². The summed E-state index contributed by atoms with van der Waals surface area (Å²) in [5, 5.41) is 1.98. The van der Waals surface area contributed by atoms with Gasteiger partial charge in [-0.1, -0.05) is 12.1 Å². The fourth-order valence-electron chi connectivity index (χ4n) is 1.93. The van der Waals surface area contributed by atoms with Crippen LogP contribution in [0.25, 0.3) is 0 Å². The maximum atomic E-state index is 12.3. The molecule has 2 N–H and O–H groups in total. The molecule has 0 radical (unpaired) electrons. The highest BCUT2D eigenvalue weighted by molar-refractivity contribution is 7.90. The van der Waals surface area contributed by atoms with E-state index in [-0.39, 0.29) is 17.0 Å². The van der Waals surface area contributed by atoms with Gasteiger partial charge in [0.05, 0.1) is 17.8 Å². The summed E-state index contributed by atoms with van der Waals surface area (Å²) in [7, 11) is -3.78. The minimum atomic E-state index is -3.78. The van der Waals surface area contributed by atoms with Gasteiger partial charge in [-0.3, -0.25) is 4.79 Å². The van der Waals surface area contributed by atoms with Crippen LogP contribution >= 0.6 is 11.3 Å². The number of benzene rings is 1. The number of nitrogens with zero attached hydrogens (tertiary/aromatic N) is 2. The van der Waals surface area contributed by atoms with Crippen LogP contribution < -0.4 is 5.73 Å². The van der Waals surface area contributed by atoms with E-state index in [2.05, 4.69) is 4.98 Å². The van der Waals surface area contributed by atoms with Gasteiger partial charge in [-0.25, -0.2) is 17.7 Å². The quantitative estimate of drug-likeness (QED) is 0.894. The molecule has 0 atom stereocenters. The topological polar surface area (TPSA) is 93.4 Å². The van der Waals surface area contributed by atoms with E-state index < -0.39 is 15.9 Å². The summed E-state index contributed by atoms with van der Waals surface area (Å²) >= 11 is 1.21. The molecule has 1 aliphatic rings. The first-order chi connectivity index (χ1) is 9.00. The summed E-state index contributed by atoms with van der Waals surface area (Å²) in [6.07, 6.45) is 0. The zero-order valence-electron chi connectivity index (χ0n) is 9.61. The van der Waals surface area contributed by atoms with Crippen LogP contribution in [0, 0.1) is 0 Å². The third-order valence-electron chi connectivity index (χ3n) is 2.79. The molecule has 2 heterocycles. The number of hydrogen-bond donors (Lipinski definition) is 1. The molecule has 2 aromatic rings. The number of carbonyl (C=O) groups is 1. The van der Waals surface area contributed by atoms with Crippen molar-refractivity contribution in [3.63, 3.8) is 0 Å². The Morgan fingerprint density at radius 1 is 1.32 bits per heavy atom. The van der Waals surface area contributed by atoms with Crippen LogP contribution in [-0.2, 0) is 16.6 Å². The summed E-state index contributed by atoms with van der Waals surface area (Å²) in [5.41, 5.74) is 6.16. The van der Waals surface area contributed by atoms with Gasteiger partial charge in [0.15, 0.2) is 5.13 Å². The van der Waals surface area contributed by atoms with Gasteiger partial charge in [0.1, 0.15) is 4.90 Å². The summed E-state index contributed by atoms with van der Waals surface area (Å²) < 4.78 is 25.3. The molecule has 1 aromatic carbocycles. The van der Waals surface area contributed by atoms with Crippen LogP contribution in [0.1, 0.15) is 16.1 Å². The number of rotatable bonds is 2. The lowest BCUT2D eigenvalue weighted by atomic mass is 10.2. The first-order valence-corrected chi connectivity index (χ1v) is 7.68. The Morgan fingerprint density at radius 2 is 2.05 bits per heavy atom. The number of nitrogens with two attached hydrogens (primary N) is 1. The van der Waals surface area contributed by atoms with Crippen molar-refractivity contribution in [1.82, 2.24) is 9.29 Å². The Hall–Kier alpha value is -1.93. The summed E-state index contributed by atoms with van der Waals surface area (Å²) in [6.45, 7) is -0.0937. The third-order valence-corrected chi connectivity index (χ3v) is 5.30. The normalized spacial score (nSPS) is 16.6. The molecular formula is C11H9N3O3S2. The van der Waals surface area contributed by atoms with Crippen molar-refractivity contribution < 1.29 is 13.2 Å². The molecule has 1 aromatic heterocycles. The van der Waals surface area contributed by atoms with Crippen molar-refractivity contribution in [2.75, 3.05) is 5.73 Å². The van der Waals surface area contributed by atoms with Gasteiger partial charge in [0.25, 0.3) is 15.9 Å². The molecule has 0 bridgehead atoms. The Balaban J connectivity index is 2.03. The van der Waals surface area contributed by atoms with Gasteiger partial charge in [-0.2, -0.15) is 0 Å². The lowest BCUT2D eigenvalue weighted by molar-refractivity contribution is 0.0864. The molecule has 1 amide bonds. The highest BCUT2D eigenvalue weighted by atomic mass is 32.2. The average Bonchev–Trinajstić information content (AvgIpc) is 2.87. The van der Waals surface area contributed by atoms with Crippen molar-refractivity contribution in [1.29, 1.82) is 0 Å². The van der Waals surface area contributed by atoms with E-state index >= 15 is 0 Å². The van der Waals surface area contributed by atoms with Crippen molar-refractivity contribution in [3.8, 4) is 0 Å². The number of fused-ring (bicyclic) bond motifs is 1. The lowest BCUT2D eigenvalue weighted by Crippen LogP contribution is -2.29. The van der Waals surface area contributed by atoms with Gasteiger partial charge in [-0.15, -0.1) is 11.3 Å². The first kappa shape index (κ1) is 12.1. The standard InChI is InChI=1S/C11H9N3O3S2/c12-11-13-7(6-18-11)5-14-10(15)8-3-1-2-4-9(8)19(14,16)17/h1-4,6H,5H2,(H2,12,13).